The minimum absolute atomic E-state index is 0.00313. The summed E-state index contributed by atoms with van der Waals surface area (Å²) in [7, 11) is -8.35. The zero-order valence-electron chi connectivity index (χ0n) is 16.4. The van der Waals surface area contributed by atoms with Gasteiger partial charge in [-0.3, -0.25) is 25.5 Å². The van der Waals surface area contributed by atoms with Gasteiger partial charge in [-0.15, -0.1) is 0 Å². The molecule has 2 aromatic carbocycles. The Morgan fingerprint density at radius 1 is 0.844 bits per heavy atom. The van der Waals surface area contributed by atoms with Gasteiger partial charge in [-0.1, -0.05) is 0 Å². The first kappa shape index (κ1) is 23.7. The maximum atomic E-state index is 13.1. The van der Waals surface area contributed by atoms with Gasteiger partial charge < -0.3 is 5.73 Å². The predicted molar refractivity (Wildman–Crippen MR) is 112 cm³/mol. The predicted octanol–water partition coefficient (Wildman–Crippen LogP) is 0.224. The van der Waals surface area contributed by atoms with E-state index in [0.717, 1.165) is 52.8 Å². The minimum Gasteiger partial charge on any atom is -0.325 e. The molecule has 0 radical (unpaired) electrons. The molecule has 1 heterocycles. The van der Waals surface area contributed by atoms with Crippen LogP contribution in [0, 0.1) is 20.2 Å². The molecule has 3 N–H and O–H groups in total. The molecule has 0 amide bonds. The van der Waals surface area contributed by atoms with Gasteiger partial charge in [-0.2, -0.15) is 4.31 Å². The van der Waals surface area contributed by atoms with Gasteiger partial charge in [0.15, 0.2) is 9.84 Å². The van der Waals surface area contributed by atoms with E-state index in [9.17, 15) is 37.1 Å². The molecular weight excluding hydrogens is 466 g/mol. The fraction of sp³-hybridized carbons (Fsp3) is 0.294. The monoisotopic (exact) mass is 485 g/mol. The van der Waals surface area contributed by atoms with Gasteiger partial charge in [0.2, 0.25) is 10.0 Å². The van der Waals surface area contributed by atoms with Gasteiger partial charge in [0.25, 0.3) is 11.4 Å². The summed E-state index contributed by atoms with van der Waals surface area (Å²) < 4.78 is 53.3. The summed E-state index contributed by atoms with van der Waals surface area (Å²) >= 11 is 0. The Labute approximate surface area is 183 Å². The lowest BCUT2D eigenvalue weighted by molar-refractivity contribution is -0.385. The molecule has 0 aromatic heterocycles. The van der Waals surface area contributed by atoms with Gasteiger partial charge in [-0.05, 0) is 24.3 Å². The number of nitrogens with two attached hydrogens (primary N) is 1. The van der Waals surface area contributed by atoms with Crippen LogP contribution in [0.2, 0.25) is 0 Å². The van der Waals surface area contributed by atoms with E-state index in [1.165, 1.54) is 0 Å². The Balaban J connectivity index is 1.93. The molecule has 0 spiro atoms. The molecule has 2 atom stereocenters. The molecule has 2 aromatic rings. The average Bonchev–Trinajstić information content (AvgIpc) is 2.96. The van der Waals surface area contributed by atoms with Crippen LogP contribution in [0.1, 0.15) is 0 Å². The first-order chi connectivity index (χ1) is 14.9. The Kier molecular flexibility index (Phi) is 6.56. The Morgan fingerprint density at radius 2 is 1.31 bits per heavy atom. The highest BCUT2D eigenvalue weighted by Crippen LogP contribution is 2.24. The summed E-state index contributed by atoms with van der Waals surface area (Å²) in [5.74, 6) is 0. The van der Waals surface area contributed by atoms with E-state index in [0.29, 0.717) is 0 Å². The molecule has 3 rings (SSSR count). The van der Waals surface area contributed by atoms with E-state index < -0.39 is 47.7 Å². The van der Waals surface area contributed by atoms with Crippen LogP contribution in [-0.2, 0) is 19.9 Å². The van der Waals surface area contributed by atoms with Gasteiger partial charge in [0.05, 0.1) is 19.6 Å². The Morgan fingerprint density at radius 3 is 1.78 bits per heavy atom. The van der Waals surface area contributed by atoms with Crippen molar-refractivity contribution < 1.29 is 26.7 Å². The number of nitro benzene ring substituents is 2. The summed E-state index contributed by atoms with van der Waals surface area (Å²) in [5.41, 5.74) is 5.35. The van der Waals surface area contributed by atoms with Gasteiger partial charge in [-0.25, -0.2) is 16.8 Å². The van der Waals surface area contributed by atoms with Crippen LogP contribution in [0.5, 0.6) is 0 Å². The van der Waals surface area contributed by atoms with Crippen LogP contribution in [0.15, 0.2) is 58.3 Å². The second kappa shape index (κ2) is 8.87. The minimum atomic E-state index is -4.22. The third-order valence-electron chi connectivity index (χ3n) is 4.85. The first-order valence-corrected chi connectivity index (χ1v) is 12.1. The average molecular weight is 486 g/mol. The zero-order valence-corrected chi connectivity index (χ0v) is 18.0. The van der Waals surface area contributed by atoms with E-state index >= 15 is 0 Å². The van der Waals surface area contributed by atoms with Crippen LogP contribution < -0.4 is 11.1 Å². The van der Waals surface area contributed by atoms with Crippen molar-refractivity contribution >= 4 is 31.2 Å². The van der Waals surface area contributed by atoms with Crippen molar-refractivity contribution in [3.63, 3.8) is 0 Å². The topological polar surface area (TPSA) is 196 Å². The number of sulfonamides is 1. The second-order valence-electron chi connectivity index (χ2n) is 7.03. The largest absolute Gasteiger partial charge is 0.325 e. The quantitative estimate of drug-likeness (QED) is 0.422. The van der Waals surface area contributed by atoms with Gasteiger partial charge in [0, 0.05) is 49.9 Å². The lowest BCUT2D eigenvalue weighted by Gasteiger charge is -2.24. The fourth-order valence-corrected chi connectivity index (χ4v) is 6.29. The smallest absolute Gasteiger partial charge is 0.269 e. The highest BCUT2D eigenvalue weighted by molar-refractivity contribution is 7.92. The third kappa shape index (κ3) is 4.76. The zero-order chi connectivity index (χ0) is 23.7. The summed E-state index contributed by atoms with van der Waals surface area (Å²) in [5, 5.41) is 23.0. The van der Waals surface area contributed by atoms with Crippen LogP contribution in [0.3, 0.4) is 0 Å². The number of non-ortho nitro benzene ring substituents is 2. The highest BCUT2D eigenvalue weighted by atomic mass is 32.2. The van der Waals surface area contributed by atoms with Crippen LogP contribution in [-0.4, -0.2) is 62.0 Å². The van der Waals surface area contributed by atoms with Crippen molar-refractivity contribution in [1.82, 2.24) is 9.62 Å². The van der Waals surface area contributed by atoms with E-state index in [-0.39, 0.29) is 34.3 Å². The van der Waals surface area contributed by atoms with Crippen LogP contribution >= 0.6 is 0 Å². The van der Waals surface area contributed by atoms with Gasteiger partial charge >= 0.3 is 0 Å². The second-order valence-corrected chi connectivity index (χ2v) is 11.1. The summed E-state index contributed by atoms with van der Waals surface area (Å²) in [6.07, 6.45) is 0. The summed E-state index contributed by atoms with van der Waals surface area (Å²) in [6.45, 7) is -0.659. The lowest BCUT2D eigenvalue weighted by Crippen LogP contribution is -2.45. The van der Waals surface area contributed by atoms with Crippen molar-refractivity contribution in [2.24, 2.45) is 5.73 Å². The van der Waals surface area contributed by atoms with Crippen molar-refractivity contribution in [3.05, 3.63) is 68.8 Å². The molecule has 15 heteroatoms. The van der Waals surface area contributed by atoms with E-state index in [1.807, 2.05) is 0 Å². The van der Waals surface area contributed by atoms with Crippen LogP contribution in [0.4, 0.5) is 11.4 Å². The van der Waals surface area contributed by atoms with E-state index in [1.54, 1.807) is 0 Å². The Hall–Kier alpha value is -2.98. The maximum Gasteiger partial charge on any atom is 0.269 e. The van der Waals surface area contributed by atoms with E-state index in [2.05, 4.69) is 5.32 Å². The summed E-state index contributed by atoms with van der Waals surface area (Å²) in [4.78, 5) is 19.8. The number of nitrogens with zero attached hydrogens (tertiary/aromatic N) is 3. The normalized spacial score (nSPS) is 20.4. The first-order valence-electron chi connectivity index (χ1n) is 9.15. The number of benzene rings is 2. The molecule has 32 heavy (non-hydrogen) atoms. The molecule has 1 aliphatic heterocycles. The van der Waals surface area contributed by atoms with Crippen molar-refractivity contribution in [1.29, 1.82) is 0 Å². The fourth-order valence-electron chi connectivity index (χ4n) is 3.15. The molecule has 172 valence electrons. The number of rotatable bonds is 6. The maximum absolute atomic E-state index is 13.1. The SMILES string of the molecule is NC1CNC(S(=O)(=O)c2ccc([N+](=O)[O-])cc2)CN(S(=O)(=O)c2ccc([N+](=O)[O-])cc2)C1. The number of nitro groups is 2. The molecule has 2 unspecified atom stereocenters. The van der Waals surface area contributed by atoms with Crippen molar-refractivity contribution in [2.45, 2.75) is 21.2 Å². The molecule has 13 nitrogen and oxygen atoms in total. The molecule has 0 bridgehead atoms. The lowest BCUT2D eigenvalue weighted by atomic mass is 10.3. The standard InChI is InChI=1S/C17H19N5O8S2/c18-12-9-19-17(31(27,28)15-5-1-13(2-6-15)21(23)24)11-20(10-12)32(29,30)16-7-3-14(4-8-16)22(25)26/h1-8,12,17,19H,9-11,18H2. The molecule has 1 aliphatic rings. The molecule has 1 saturated heterocycles. The molecule has 0 saturated carbocycles. The Bertz CT molecular complexity index is 1230. The van der Waals surface area contributed by atoms with E-state index in [4.69, 9.17) is 5.73 Å². The number of hydrogen-bond acceptors (Lipinski definition) is 10. The molecule has 1 fully saturated rings. The molecular formula is C17H19N5O8S2. The number of hydrogen-bond donors (Lipinski definition) is 2. The van der Waals surface area contributed by atoms with Crippen molar-refractivity contribution in [3.8, 4) is 0 Å². The number of sulfone groups is 1. The third-order valence-corrected chi connectivity index (χ3v) is 8.69. The van der Waals surface area contributed by atoms with Gasteiger partial charge in [0.1, 0.15) is 5.37 Å². The van der Waals surface area contributed by atoms with Crippen LogP contribution in [0.25, 0.3) is 0 Å². The highest BCUT2D eigenvalue weighted by Gasteiger charge is 2.37. The molecule has 0 aliphatic carbocycles. The summed E-state index contributed by atoms with van der Waals surface area (Å²) in [6, 6.07) is 7.72. The number of nitrogens with one attached hydrogen (secondary N) is 1. The van der Waals surface area contributed by atoms with Crippen molar-refractivity contribution in [2.75, 3.05) is 19.6 Å².